The Balaban J connectivity index is 2.18. The quantitative estimate of drug-likeness (QED) is 0.476. The van der Waals surface area contributed by atoms with Crippen LogP contribution in [-0.2, 0) is 0 Å². The van der Waals surface area contributed by atoms with Gasteiger partial charge in [0.2, 0.25) is 0 Å². The molecule has 1 unspecified atom stereocenters. The number of benzene rings is 1. The molecule has 1 aromatic rings. The van der Waals surface area contributed by atoms with Crippen molar-refractivity contribution < 1.29 is 4.74 Å². The van der Waals surface area contributed by atoms with Gasteiger partial charge in [0.05, 0.1) is 13.2 Å². The van der Waals surface area contributed by atoms with Crippen LogP contribution in [0.2, 0.25) is 0 Å². The molecule has 0 saturated heterocycles. The third kappa shape index (κ3) is 2.87. The number of allylic oxidation sites excluding steroid dienone is 1. The number of hydrogen-bond donors (Lipinski definition) is 2. The lowest BCUT2D eigenvalue weighted by Crippen LogP contribution is -2.29. The number of nitrogens with one attached hydrogen (secondary N) is 1. The molecular formula is C14H20N2O. The summed E-state index contributed by atoms with van der Waals surface area (Å²) in [7, 11) is 1.68. The van der Waals surface area contributed by atoms with E-state index in [1.165, 1.54) is 30.4 Å². The van der Waals surface area contributed by atoms with Gasteiger partial charge in [0, 0.05) is 0 Å². The van der Waals surface area contributed by atoms with Crippen LogP contribution in [0.5, 0.6) is 5.75 Å². The van der Waals surface area contributed by atoms with Crippen LogP contribution in [0.25, 0.3) is 0 Å². The third-order valence-electron chi connectivity index (χ3n) is 3.31. The monoisotopic (exact) mass is 232 g/mol. The number of methoxy groups -OCH3 is 1. The van der Waals surface area contributed by atoms with E-state index in [9.17, 15) is 0 Å². The third-order valence-corrected chi connectivity index (χ3v) is 3.31. The Morgan fingerprint density at radius 1 is 1.24 bits per heavy atom. The van der Waals surface area contributed by atoms with Crippen molar-refractivity contribution in [2.24, 2.45) is 5.84 Å². The molecule has 3 N–H and O–H groups in total. The summed E-state index contributed by atoms with van der Waals surface area (Å²) in [6, 6.07) is 8.23. The Labute approximate surface area is 103 Å². The molecule has 0 heterocycles. The molecule has 1 aliphatic rings. The number of hydrogen-bond acceptors (Lipinski definition) is 3. The lowest BCUT2D eigenvalue weighted by atomic mass is 9.90. The zero-order chi connectivity index (χ0) is 12.1. The predicted molar refractivity (Wildman–Crippen MR) is 69.6 cm³/mol. The van der Waals surface area contributed by atoms with Gasteiger partial charge in [0.1, 0.15) is 5.75 Å². The first-order valence-corrected chi connectivity index (χ1v) is 6.14. The molecule has 0 fully saturated rings. The van der Waals surface area contributed by atoms with Crippen molar-refractivity contribution in [3.8, 4) is 5.75 Å². The van der Waals surface area contributed by atoms with E-state index in [-0.39, 0.29) is 6.04 Å². The Kier molecular flexibility index (Phi) is 4.18. The Hall–Kier alpha value is -1.32. The highest BCUT2D eigenvalue weighted by Crippen LogP contribution is 2.29. The second-order valence-corrected chi connectivity index (χ2v) is 4.40. The molecule has 1 atom stereocenters. The van der Waals surface area contributed by atoms with Crippen LogP contribution in [0.15, 0.2) is 35.9 Å². The number of rotatable bonds is 4. The summed E-state index contributed by atoms with van der Waals surface area (Å²) in [5.74, 6) is 6.56. The summed E-state index contributed by atoms with van der Waals surface area (Å²) in [5, 5.41) is 0. The topological polar surface area (TPSA) is 47.3 Å². The molecule has 0 aliphatic heterocycles. The fourth-order valence-electron chi connectivity index (χ4n) is 2.34. The predicted octanol–water partition coefficient (Wildman–Crippen LogP) is 2.70. The summed E-state index contributed by atoms with van der Waals surface area (Å²) in [6.07, 6.45) is 7.19. The second kappa shape index (κ2) is 5.84. The minimum absolute atomic E-state index is 0.140. The number of ether oxygens (including phenoxy) is 1. The van der Waals surface area contributed by atoms with Crippen molar-refractivity contribution in [3.05, 3.63) is 41.5 Å². The van der Waals surface area contributed by atoms with Gasteiger partial charge in [-0.2, -0.15) is 0 Å². The van der Waals surface area contributed by atoms with Gasteiger partial charge in [0.25, 0.3) is 0 Å². The molecule has 1 aromatic carbocycles. The van der Waals surface area contributed by atoms with Crippen LogP contribution in [0.1, 0.15) is 37.3 Å². The van der Waals surface area contributed by atoms with Crippen molar-refractivity contribution in [3.63, 3.8) is 0 Å². The van der Waals surface area contributed by atoms with Crippen molar-refractivity contribution in [2.45, 2.75) is 31.7 Å². The molecule has 0 bridgehead atoms. The smallest absolute Gasteiger partial charge is 0.118 e. The van der Waals surface area contributed by atoms with Crippen LogP contribution in [0.4, 0.5) is 0 Å². The molecule has 0 saturated carbocycles. The molecule has 0 aromatic heterocycles. The highest BCUT2D eigenvalue weighted by atomic mass is 16.5. The van der Waals surface area contributed by atoms with E-state index >= 15 is 0 Å². The van der Waals surface area contributed by atoms with E-state index in [1.54, 1.807) is 7.11 Å². The Morgan fingerprint density at radius 3 is 2.53 bits per heavy atom. The molecule has 3 heteroatoms. The van der Waals surface area contributed by atoms with Crippen molar-refractivity contribution in [1.82, 2.24) is 5.43 Å². The molecule has 0 amide bonds. The van der Waals surface area contributed by atoms with E-state index in [4.69, 9.17) is 10.6 Å². The van der Waals surface area contributed by atoms with Crippen LogP contribution in [-0.4, -0.2) is 7.11 Å². The van der Waals surface area contributed by atoms with Crippen molar-refractivity contribution >= 4 is 0 Å². The van der Waals surface area contributed by atoms with E-state index in [0.717, 1.165) is 12.2 Å². The molecule has 1 aliphatic carbocycles. The highest BCUT2D eigenvalue weighted by Gasteiger charge is 2.16. The minimum Gasteiger partial charge on any atom is -0.497 e. The molecule has 3 nitrogen and oxygen atoms in total. The zero-order valence-corrected chi connectivity index (χ0v) is 10.3. The average Bonchev–Trinajstić information content (AvgIpc) is 2.42. The lowest BCUT2D eigenvalue weighted by molar-refractivity contribution is 0.414. The Morgan fingerprint density at radius 2 is 2.00 bits per heavy atom. The molecule has 0 spiro atoms. The Bertz CT molecular complexity index is 384. The fourth-order valence-corrected chi connectivity index (χ4v) is 2.34. The summed E-state index contributed by atoms with van der Waals surface area (Å²) in [6.45, 7) is 0. The minimum atomic E-state index is 0.140. The number of nitrogens with two attached hydrogens (primary N) is 1. The van der Waals surface area contributed by atoms with Gasteiger partial charge in [-0.25, -0.2) is 5.43 Å². The largest absolute Gasteiger partial charge is 0.497 e. The molecule has 92 valence electrons. The van der Waals surface area contributed by atoms with Gasteiger partial charge in [-0.1, -0.05) is 23.8 Å². The van der Waals surface area contributed by atoms with Crippen molar-refractivity contribution in [2.75, 3.05) is 7.11 Å². The van der Waals surface area contributed by atoms with Gasteiger partial charge in [-0.05, 0) is 43.4 Å². The van der Waals surface area contributed by atoms with Crippen molar-refractivity contribution in [1.29, 1.82) is 0 Å². The molecule has 2 rings (SSSR count). The first kappa shape index (κ1) is 12.1. The van der Waals surface area contributed by atoms with Crippen LogP contribution in [0, 0.1) is 0 Å². The normalized spacial score (nSPS) is 17.4. The first-order chi connectivity index (χ1) is 8.35. The standard InChI is InChI=1S/C14H20N2O/c1-17-13-9-7-12(8-10-13)14(16-15)11-5-3-2-4-6-11/h5,7-10,14,16H,2-4,6,15H2,1H3. The van der Waals surface area contributed by atoms with Gasteiger partial charge < -0.3 is 4.74 Å². The van der Waals surface area contributed by atoms with Crippen LogP contribution < -0.4 is 16.0 Å². The van der Waals surface area contributed by atoms with E-state index in [0.29, 0.717) is 0 Å². The number of hydrazine groups is 1. The maximum Gasteiger partial charge on any atom is 0.118 e. The van der Waals surface area contributed by atoms with E-state index < -0.39 is 0 Å². The SMILES string of the molecule is COc1ccc(C(NN)C2=CCCCC2)cc1. The van der Waals surface area contributed by atoms with E-state index in [1.807, 2.05) is 12.1 Å². The summed E-state index contributed by atoms with van der Waals surface area (Å²) >= 11 is 0. The first-order valence-electron chi connectivity index (χ1n) is 6.14. The molecule has 17 heavy (non-hydrogen) atoms. The van der Waals surface area contributed by atoms with Gasteiger partial charge in [-0.15, -0.1) is 0 Å². The fraction of sp³-hybridized carbons (Fsp3) is 0.429. The zero-order valence-electron chi connectivity index (χ0n) is 10.3. The van der Waals surface area contributed by atoms with Gasteiger partial charge in [0.15, 0.2) is 0 Å². The summed E-state index contributed by atoms with van der Waals surface area (Å²) in [5.41, 5.74) is 5.52. The van der Waals surface area contributed by atoms with Gasteiger partial charge >= 0.3 is 0 Å². The van der Waals surface area contributed by atoms with E-state index in [2.05, 4.69) is 23.6 Å². The maximum atomic E-state index is 5.68. The second-order valence-electron chi connectivity index (χ2n) is 4.40. The lowest BCUT2D eigenvalue weighted by Gasteiger charge is -2.23. The summed E-state index contributed by atoms with van der Waals surface area (Å²) < 4.78 is 5.16. The maximum absolute atomic E-state index is 5.68. The van der Waals surface area contributed by atoms with Crippen LogP contribution >= 0.6 is 0 Å². The molecular weight excluding hydrogens is 212 g/mol. The van der Waals surface area contributed by atoms with Crippen LogP contribution in [0.3, 0.4) is 0 Å². The highest BCUT2D eigenvalue weighted by molar-refractivity contribution is 5.33. The summed E-state index contributed by atoms with van der Waals surface area (Å²) in [4.78, 5) is 0. The molecule has 0 radical (unpaired) electrons. The average molecular weight is 232 g/mol. The van der Waals surface area contributed by atoms with Gasteiger partial charge in [-0.3, -0.25) is 5.84 Å².